The number of ether oxygens (including phenoxy) is 2. The molecule has 8 heteroatoms. The molecule has 0 radical (unpaired) electrons. The molecule has 3 heterocycles. The molecule has 29 heavy (non-hydrogen) atoms. The molecule has 5 nitrogen and oxygen atoms in total. The molecule has 0 atom stereocenters. The van der Waals surface area contributed by atoms with Crippen molar-refractivity contribution in [3.63, 3.8) is 0 Å². The van der Waals surface area contributed by atoms with Crippen molar-refractivity contribution >= 4 is 28.8 Å². The average molecular weight is 414 g/mol. The second-order valence-corrected chi connectivity index (χ2v) is 6.87. The molecule has 0 aliphatic carbocycles. The molecule has 0 spiro atoms. The first kappa shape index (κ1) is 17.8. The molecule has 0 bridgehead atoms. The number of rotatable bonds is 3. The molecule has 2 aromatic carbocycles. The van der Waals surface area contributed by atoms with Gasteiger partial charge in [-0.25, -0.2) is 13.8 Å². The van der Waals surface area contributed by atoms with Gasteiger partial charge in [0.15, 0.2) is 11.5 Å². The van der Waals surface area contributed by atoms with Gasteiger partial charge < -0.3 is 14.8 Å². The lowest BCUT2D eigenvalue weighted by molar-refractivity contribution is 0.171. The lowest BCUT2D eigenvalue weighted by Gasteiger charge is -2.19. The quantitative estimate of drug-likeness (QED) is 0.485. The number of benzene rings is 2. The van der Waals surface area contributed by atoms with Crippen molar-refractivity contribution in [1.82, 2.24) is 9.38 Å². The summed E-state index contributed by atoms with van der Waals surface area (Å²) in [5.74, 6) is 0.635. The summed E-state index contributed by atoms with van der Waals surface area (Å²) < 4.78 is 41.2. The molecule has 0 amide bonds. The van der Waals surface area contributed by atoms with Gasteiger partial charge in [0, 0.05) is 18.0 Å². The van der Waals surface area contributed by atoms with Gasteiger partial charge in [0.25, 0.3) is 0 Å². The van der Waals surface area contributed by atoms with E-state index in [1.807, 2.05) is 0 Å². The Morgan fingerprint density at radius 3 is 2.66 bits per heavy atom. The van der Waals surface area contributed by atoms with E-state index in [-0.39, 0.29) is 16.3 Å². The topological polar surface area (TPSA) is 47.8 Å². The molecule has 0 saturated carbocycles. The molecular formula is C21H14ClF2N3O2. The summed E-state index contributed by atoms with van der Waals surface area (Å²) in [5, 5.41) is 3.41. The van der Waals surface area contributed by atoms with Crippen LogP contribution < -0.4 is 14.8 Å². The number of nitrogens with one attached hydrogen (secondary N) is 1. The maximum absolute atomic E-state index is 14.6. The summed E-state index contributed by atoms with van der Waals surface area (Å²) in [5.41, 5.74) is 1.50. The first-order valence-corrected chi connectivity index (χ1v) is 9.26. The maximum atomic E-state index is 14.6. The van der Waals surface area contributed by atoms with Crippen LogP contribution in [0.2, 0.25) is 5.02 Å². The van der Waals surface area contributed by atoms with E-state index in [4.69, 9.17) is 21.1 Å². The fourth-order valence-corrected chi connectivity index (χ4v) is 3.55. The second kappa shape index (κ2) is 6.93. The Kier molecular flexibility index (Phi) is 4.24. The number of nitrogens with zero attached hydrogens (tertiary/aromatic N) is 2. The number of hydrogen-bond donors (Lipinski definition) is 1. The van der Waals surface area contributed by atoms with E-state index in [2.05, 4.69) is 10.3 Å². The highest BCUT2D eigenvalue weighted by Crippen LogP contribution is 2.39. The van der Waals surface area contributed by atoms with Crippen molar-refractivity contribution in [3.8, 4) is 22.8 Å². The lowest BCUT2D eigenvalue weighted by Crippen LogP contribution is -2.15. The van der Waals surface area contributed by atoms with Gasteiger partial charge in [-0.15, -0.1) is 0 Å². The number of imidazole rings is 1. The molecule has 0 fully saturated rings. The first-order valence-electron chi connectivity index (χ1n) is 8.89. The van der Waals surface area contributed by atoms with Crippen molar-refractivity contribution < 1.29 is 18.3 Å². The highest BCUT2D eigenvalue weighted by Gasteiger charge is 2.21. The van der Waals surface area contributed by atoms with Crippen LogP contribution in [-0.2, 0) is 0 Å². The summed E-state index contributed by atoms with van der Waals surface area (Å²) in [6, 6.07) is 12.5. The molecule has 1 aliphatic rings. The minimum Gasteiger partial charge on any atom is -0.486 e. The number of hydrogen-bond acceptors (Lipinski definition) is 4. The van der Waals surface area contributed by atoms with Crippen LogP contribution in [0.1, 0.15) is 0 Å². The molecule has 5 rings (SSSR count). The normalized spacial score (nSPS) is 12.9. The van der Waals surface area contributed by atoms with E-state index in [1.54, 1.807) is 24.3 Å². The Morgan fingerprint density at radius 1 is 1.00 bits per heavy atom. The largest absolute Gasteiger partial charge is 0.486 e. The van der Waals surface area contributed by atoms with Gasteiger partial charge in [0.2, 0.25) is 0 Å². The Labute approximate surface area is 169 Å². The van der Waals surface area contributed by atoms with E-state index in [1.165, 1.54) is 34.9 Å². The zero-order chi connectivity index (χ0) is 20.0. The van der Waals surface area contributed by atoms with Gasteiger partial charge in [-0.1, -0.05) is 17.7 Å². The lowest BCUT2D eigenvalue weighted by atomic mass is 10.1. The molecule has 1 N–H and O–H groups in total. The van der Waals surface area contributed by atoms with Gasteiger partial charge >= 0.3 is 0 Å². The summed E-state index contributed by atoms with van der Waals surface area (Å²) in [6.45, 7) is 0.940. The second-order valence-electron chi connectivity index (χ2n) is 6.46. The van der Waals surface area contributed by atoms with Crippen molar-refractivity contribution in [2.24, 2.45) is 0 Å². The van der Waals surface area contributed by atoms with E-state index >= 15 is 0 Å². The third-order valence-corrected chi connectivity index (χ3v) is 4.90. The molecule has 0 unspecified atom stereocenters. The Morgan fingerprint density at radius 2 is 1.83 bits per heavy atom. The summed E-state index contributed by atoms with van der Waals surface area (Å²) in [6.07, 6.45) is 1.28. The van der Waals surface area contributed by atoms with E-state index in [9.17, 15) is 8.78 Å². The van der Waals surface area contributed by atoms with E-state index in [0.717, 1.165) is 0 Å². The van der Waals surface area contributed by atoms with Crippen LogP contribution in [0.25, 0.3) is 16.9 Å². The third-order valence-electron chi connectivity index (χ3n) is 4.59. The summed E-state index contributed by atoms with van der Waals surface area (Å²) >= 11 is 6.27. The summed E-state index contributed by atoms with van der Waals surface area (Å²) in [4.78, 5) is 4.48. The van der Waals surface area contributed by atoms with Gasteiger partial charge in [-0.2, -0.15) is 0 Å². The standard InChI is InChI=1S/C21H14ClF2N3O2/c22-14-2-1-3-15(24)19(14)20-21(27-11-12(23)4-7-18(27)26-20)25-13-5-6-16-17(10-13)29-9-8-28-16/h1-7,10-11,25H,8-9H2. The van der Waals surface area contributed by atoms with Gasteiger partial charge in [0.05, 0.1) is 10.6 Å². The number of pyridine rings is 1. The van der Waals surface area contributed by atoms with Crippen LogP contribution in [-0.4, -0.2) is 22.6 Å². The fraction of sp³-hybridized carbons (Fsp3) is 0.0952. The van der Waals surface area contributed by atoms with Gasteiger partial charge in [-0.05, 0) is 36.4 Å². The van der Waals surface area contributed by atoms with Crippen molar-refractivity contribution in [2.75, 3.05) is 18.5 Å². The van der Waals surface area contributed by atoms with Crippen LogP contribution >= 0.6 is 11.6 Å². The van der Waals surface area contributed by atoms with Crippen LogP contribution in [0.5, 0.6) is 11.5 Å². The SMILES string of the molecule is Fc1ccc2nc(-c3c(F)cccc3Cl)c(Nc3ccc4c(c3)OCCO4)n2c1. The van der Waals surface area contributed by atoms with E-state index in [0.29, 0.717) is 41.9 Å². The van der Waals surface area contributed by atoms with Crippen molar-refractivity contribution in [1.29, 1.82) is 0 Å². The van der Waals surface area contributed by atoms with Crippen LogP contribution in [0.3, 0.4) is 0 Å². The molecular weight excluding hydrogens is 400 g/mol. The zero-order valence-corrected chi connectivity index (χ0v) is 15.7. The number of anilines is 2. The highest BCUT2D eigenvalue weighted by atomic mass is 35.5. The fourth-order valence-electron chi connectivity index (χ4n) is 3.29. The van der Waals surface area contributed by atoms with E-state index < -0.39 is 11.6 Å². The third kappa shape index (κ3) is 3.13. The van der Waals surface area contributed by atoms with Crippen LogP contribution in [0, 0.1) is 11.6 Å². The monoisotopic (exact) mass is 413 g/mol. The smallest absolute Gasteiger partial charge is 0.163 e. The first-order chi connectivity index (χ1) is 14.1. The predicted molar refractivity (Wildman–Crippen MR) is 106 cm³/mol. The number of halogens is 3. The Balaban J connectivity index is 1.68. The minimum absolute atomic E-state index is 0.137. The maximum Gasteiger partial charge on any atom is 0.163 e. The van der Waals surface area contributed by atoms with Crippen LogP contribution in [0.4, 0.5) is 20.3 Å². The molecule has 1 aliphatic heterocycles. The number of aromatic nitrogens is 2. The predicted octanol–water partition coefficient (Wildman–Crippen LogP) is 5.45. The Bertz CT molecular complexity index is 1220. The van der Waals surface area contributed by atoms with Crippen molar-refractivity contribution in [3.05, 3.63) is 71.4 Å². The van der Waals surface area contributed by atoms with Gasteiger partial charge in [-0.3, -0.25) is 4.40 Å². The highest BCUT2D eigenvalue weighted by molar-refractivity contribution is 6.33. The van der Waals surface area contributed by atoms with Gasteiger partial charge in [0.1, 0.15) is 42.0 Å². The number of fused-ring (bicyclic) bond motifs is 2. The Hall–Kier alpha value is -3.32. The molecule has 4 aromatic rings. The molecule has 146 valence electrons. The molecule has 0 saturated heterocycles. The average Bonchev–Trinajstić information content (AvgIpc) is 3.05. The van der Waals surface area contributed by atoms with Crippen molar-refractivity contribution in [2.45, 2.75) is 0 Å². The molecule has 2 aromatic heterocycles. The zero-order valence-electron chi connectivity index (χ0n) is 15.0. The summed E-state index contributed by atoms with van der Waals surface area (Å²) in [7, 11) is 0. The van der Waals surface area contributed by atoms with Crippen LogP contribution in [0.15, 0.2) is 54.7 Å². The minimum atomic E-state index is -0.522.